The molecule has 0 saturated carbocycles. The molecule has 0 unspecified atom stereocenters. The van der Waals surface area contributed by atoms with Crippen molar-refractivity contribution in [3.8, 4) is 0 Å². The lowest BCUT2D eigenvalue weighted by Gasteiger charge is -2.09. The van der Waals surface area contributed by atoms with Crippen LogP contribution in [0.5, 0.6) is 0 Å². The first-order chi connectivity index (χ1) is 14.9. The minimum Gasteiger partial charge on any atom is -0.331 e. The fourth-order valence-corrected chi connectivity index (χ4v) is 3.82. The summed E-state index contributed by atoms with van der Waals surface area (Å²) in [4.78, 5) is 17.2. The summed E-state index contributed by atoms with van der Waals surface area (Å²) in [6.45, 7) is 6.99. The van der Waals surface area contributed by atoms with Crippen LogP contribution in [0.1, 0.15) is 38.7 Å². The van der Waals surface area contributed by atoms with E-state index < -0.39 is 0 Å². The number of aryl methyl sites for hydroxylation is 2. The first-order valence-electron chi connectivity index (χ1n) is 10.1. The number of aromatic nitrogens is 4. The molecule has 0 atom stereocenters. The fraction of sp³-hybridized carbons (Fsp3) is 0.208. The molecule has 4 aromatic rings. The maximum atomic E-state index is 13.0. The summed E-state index contributed by atoms with van der Waals surface area (Å²) >= 11 is 6.28. The number of amides is 1. The Labute approximate surface area is 186 Å². The summed E-state index contributed by atoms with van der Waals surface area (Å²) in [6.07, 6.45) is 3.75. The molecule has 2 heterocycles. The van der Waals surface area contributed by atoms with Gasteiger partial charge in [-0.2, -0.15) is 5.10 Å². The summed E-state index contributed by atoms with van der Waals surface area (Å²) in [5, 5.41) is 8.24. The lowest BCUT2D eigenvalue weighted by Crippen LogP contribution is -2.14. The summed E-state index contributed by atoms with van der Waals surface area (Å²) in [7, 11) is 0. The third-order valence-electron chi connectivity index (χ3n) is 5.37. The maximum absolute atomic E-state index is 13.0. The van der Waals surface area contributed by atoms with E-state index in [1.807, 2.05) is 80.2 Å². The third-order valence-corrected chi connectivity index (χ3v) is 5.74. The number of hydrogen-bond donors (Lipinski definition) is 1. The molecule has 0 radical (unpaired) electrons. The number of carbonyl (C=O) groups excluding carboxylic acids is 1. The van der Waals surface area contributed by atoms with Crippen LogP contribution in [0.25, 0.3) is 0 Å². The second-order valence-electron chi connectivity index (χ2n) is 7.55. The van der Waals surface area contributed by atoms with Gasteiger partial charge in [0.1, 0.15) is 5.82 Å². The van der Waals surface area contributed by atoms with Crippen molar-refractivity contribution in [2.75, 3.05) is 5.32 Å². The Bertz CT molecular complexity index is 1220. The van der Waals surface area contributed by atoms with E-state index in [9.17, 15) is 4.79 Å². The standard InChI is InChI=1S/C24H24ClN5O/c1-16-23(17(2)30(28-16)15-20-6-4-5-7-22(20)25)24(31)27-21-10-8-19(9-11-21)14-29-13-12-26-18(29)3/h4-13H,14-15H2,1-3H3,(H,27,31). The lowest BCUT2D eigenvalue weighted by molar-refractivity contribution is 0.102. The van der Waals surface area contributed by atoms with E-state index in [4.69, 9.17) is 11.6 Å². The summed E-state index contributed by atoms with van der Waals surface area (Å²) in [6, 6.07) is 15.5. The van der Waals surface area contributed by atoms with Gasteiger partial charge in [0.2, 0.25) is 0 Å². The van der Waals surface area contributed by atoms with E-state index in [2.05, 4.69) is 20.0 Å². The molecule has 158 valence electrons. The van der Waals surface area contributed by atoms with Crippen LogP contribution in [-0.4, -0.2) is 25.2 Å². The summed E-state index contributed by atoms with van der Waals surface area (Å²) < 4.78 is 3.90. The van der Waals surface area contributed by atoms with Crippen molar-refractivity contribution >= 4 is 23.2 Å². The average Bonchev–Trinajstić information content (AvgIpc) is 3.27. The van der Waals surface area contributed by atoms with Crippen molar-refractivity contribution in [1.29, 1.82) is 0 Å². The van der Waals surface area contributed by atoms with Gasteiger partial charge in [0.05, 0.1) is 17.8 Å². The molecule has 1 N–H and O–H groups in total. The topological polar surface area (TPSA) is 64.7 Å². The van der Waals surface area contributed by atoms with E-state index in [1.54, 1.807) is 6.20 Å². The van der Waals surface area contributed by atoms with Gasteiger partial charge in [0.15, 0.2) is 0 Å². The van der Waals surface area contributed by atoms with Crippen LogP contribution in [0.3, 0.4) is 0 Å². The molecule has 7 heteroatoms. The largest absolute Gasteiger partial charge is 0.331 e. The van der Waals surface area contributed by atoms with Gasteiger partial charge in [0, 0.05) is 35.3 Å². The van der Waals surface area contributed by atoms with Gasteiger partial charge in [-0.1, -0.05) is 41.9 Å². The zero-order valence-electron chi connectivity index (χ0n) is 17.8. The maximum Gasteiger partial charge on any atom is 0.259 e. The predicted octanol–water partition coefficient (Wildman–Crippen LogP) is 5.01. The van der Waals surface area contributed by atoms with Gasteiger partial charge < -0.3 is 9.88 Å². The second-order valence-corrected chi connectivity index (χ2v) is 7.96. The molecule has 0 aliphatic carbocycles. The molecule has 6 nitrogen and oxygen atoms in total. The number of imidazole rings is 1. The second kappa shape index (κ2) is 8.78. The van der Waals surface area contributed by atoms with Crippen LogP contribution in [0.2, 0.25) is 5.02 Å². The van der Waals surface area contributed by atoms with Gasteiger partial charge in [-0.15, -0.1) is 0 Å². The number of rotatable bonds is 6. The molecule has 1 amide bonds. The normalized spacial score (nSPS) is 11.0. The first-order valence-corrected chi connectivity index (χ1v) is 10.5. The molecule has 2 aromatic heterocycles. The number of anilines is 1. The Morgan fingerprint density at radius 3 is 2.45 bits per heavy atom. The average molecular weight is 434 g/mol. The number of nitrogens with zero attached hydrogens (tertiary/aromatic N) is 4. The van der Waals surface area contributed by atoms with E-state index in [1.165, 1.54) is 0 Å². The first kappa shape index (κ1) is 20.9. The SMILES string of the molecule is Cc1nn(Cc2ccccc2Cl)c(C)c1C(=O)Nc1ccc(Cn2ccnc2C)cc1. The van der Waals surface area contributed by atoms with Crippen molar-refractivity contribution in [3.63, 3.8) is 0 Å². The molecular formula is C24H24ClN5O. The Kier molecular flexibility index (Phi) is 5.91. The molecule has 0 aliphatic rings. The summed E-state index contributed by atoms with van der Waals surface area (Å²) in [5.41, 5.74) is 4.93. The van der Waals surface area contributed by atoms with Crippen LogP contribution in [0.4, 0.5) is 5.69 Å². The Morgan fingerprint density at radius 2 is 1.77 bits per heavy atom. The molecule has 2 aromatic carbocycles. The number of halogens is 1. The molecular weight excluding hydrogens is 410 g/mol. The van der Waals surface area contributed by atoms with Crippen molar-refractivity contribution in [3.05, 3.63) is 99.8 Å². The zero-order chi connectivity index (χ0) is 22.0. The van der Waals surface area contributed by atoms with Crippen molar-refractivity contribution < 1.29 is 4.79 Å². The quantitative estimate of drug-likeness (QED) is 0.465. The van der Waals surface area contributed by atoms with E-state index in [0.29, 0.717) is 22.8 Å². The van der Waals surface area contributed by atoms with Gasteiger partial charge in [0.25, 0.3) is 5.91 Å². The number of nitrogens with one attached hydrogen (secondary N) is 1. The van der Waals surface area contributed by atoms with Crippen molar-refractivity contribution in [2.45, 2.75) is 33.9 Å². The highest BCUT2D eigenvalue weighted by Crippen LogP contribution is 2.21. The Balaban J connectivity index is 1.48. The van der Waals surface area contributed by atoms with Crippen LogP contribution in [-0.2, 0) is 13.1 Å². The van der Waals surface area contributed by atoms with Crippen LogP contribution >= 0.6 is 11.6 Å². The van der Waals surface area contributed by atoms with Crippen molar-refractivity contribution in [1.82, 2.24) is 19.3 Å². The fourth-order valence-electron chi connectivity index (χ4n) is 3.62. The van der Waals surface area contributed by atoms with E-state index in [0.717, 1.165) is 34.9 Å². The third kappa shape index (κ3) is 4.54. The van der Waals surface area contributed by atoms with Gasteiger partial charge in [-0.3, -0.25) is 9.48 Å². The highest BCUT2D eigenvalue weighted by Gasteiger charge is 2.19. The minimum atomic E-state index is -0.168. The van der Waals surface area contributed by atoms with Crippen LogP contribution in [0.15, 0.2) is 60.9 Å². The van der Waals surface area contributed by atoms with Crippen LogP contribution in [0, 0.1) is 20.8 Å². The van der Waals surface area contributed by atoms with E-state index in [-0.39, 0.29) is 5.91 Å². The smallest absolute Gasteiger partial charge is 0.259 e. The Morgan fingerprint density at radius 1 is 1.03 bits per heavy atom. The number of hydrogen-bond acceptors (Lipinski definition) is 3. The van der Waals surface area contributed by atoms with Crippen molar-refractivity contribution in [2.24, 2.45) is 0 Å². The van der Waals surface area contributed by atoms with Crippen LogP contribution < -0.4 is 5.32 Å². The molecule has 31 heavy (non-hydrogen) atoms. The lowest BCUT2D eigenvalue weighted by atomic mass is 10.1. The molecule has 0 saturated heterocycles. The molecule has 0 bridgehead atoms. The molecule has 0 spiro atoms. The highest BCUT2D eigenvalue weighted by molar-refractivity contribution is 6.31. The predicted molar refractivity (Wildman–Crippen MR) is 123 cm³/mol. The minimum absolute atomic E-state index is 0.168. The number of benzene rings is 2. The zero-order valence-corrected chi connectivity index (χ0v) is 18.5. The van der Waals surface area contributed by atoms with E-state index >= 15 is 0 Å². The number of carbonyl (C=O) groups is 1. The van der Waals surface area contributed by atoms with Gasteiger partial charge in [-0.25, -0.2) is 4.98 Å². The summed E-state index contributed by atoms with van der Waals surface area (Å²) in [5.74, 6) is 0.802. The molecule has 4 rings (SSSR count). The Hall–Kier alpha value is -3.38. The molecule has 0 fully saturated rings. The van der Waals surface area contributed by atoms with Gasteiger partial charge >= 0.3 is 0 Å². The monoisotopic (exact) mass is 433 g/mol. The molecule has 0 aliphatic heterocycles. The van der Waals surface area contributed by atoms with Gasteiger partial charge in [-0.05, 0) is 50.1 Å². The highest BCUT2D eigenvalue weighted by atomic mass is 35.5.